The van der Waals surface area contributed by atoms with E-state index in [0.29, 0.717) is 24.8 Å². The summed E-state index contributed by atoms with van der Waals surface area (Å²) in [4.78, 5) is 23.9. The molecule has 0 aliphatic heterocycles. The van der Waals surface area contributed by atoms with Gasteiger partial charge in [0.25, 0.3) is 0 Å². The fourth-order valence-corrected chi connectivity index (χ4v) is 5.64. The predicted molar refractivity (Wildman–Crippen MR) is 161 cm³/mol. The van der Waals surface area contributed by atoms with E-state index in [-0.39, 0.29) is 53.2 Å². The SMILES string of the molecule is C=C(C)C(=O)OCC(COC(=O)C(=C)CO)CC1CCC(c2ccc(-c3ccc(CCCCC)cc3F)c(F)c2F)CC1. The molecule has 1 atom stereocenters. The number of unbranched alkanes of at least 4 members (excludes halogenated alkanes) is 2. The Balaban J connectivity index is 1.64. The Kier molecular flexibility index (Phi) is 13.1. The van der Waals surface area contributed by atoms with Crippen LogP contribution in [0.2, 0.25) is 0 Å². The number of rotatable bonds is 15. The number of halogens is 3. The minimum absolute atomic E-state index is 0.0150. The van der Waals surface area contributed by atoms with E-state index in [1.807, 2.05) is 0 Å². The number of aliphatic hydroxyl groups is 1. The zero-order valence-electron chi connectivity index (χ0n) is 25.2. The van der Waals surface area contributed by atoms with Crippen LogP contribution in [0.25, 0.3) is 11.1 Å². The number of aliphatic hydroxyl groups excluding tert-OH is 1. The summed E-state index contributed by atoms with van der Waals surface area (Å²) >= 11 is 0. The van der Waals surface area contributed by atoms with Crippen molar-refractivity contribution in [2.24, 2.45) is 11.8 Å². The molecule has 0 bridgehead atoms. The van der Waals surface area contributed by atoms with Gasteiger partial charge in [0.1, 0.15) is 5.82 Å². The first kappa shape index (κ1) is 34.1. The third-order valence-electron chi connectivity index (χ3n) is 8.19. The molecule has 0 aromatic heterocycles. The molecule has 1 unspecified atom stereocenters. The van der Waals surface area contributed by atoms with Crippen molar-refractivity contribution < 1.29 is 37.3 Å². The zero-order valence-corrected chi connectivity index (χ0v) is 25.2. The summed E-state index contributed by atoms with van der Waals surface area (Å²) in [5.41, 5.74) is 1.28. The molecule has 0 amide bonds. The van der Waals surface area contributed by atoms with Crippen molar-refractivity contribution >= 4 is 11.9 Å². The number of carbonyl (C=O) groups excluding carboxylic acids is 2. The van der Waals surface area contributed by atoms with Crippen molar-refractivity contribution in [2.75, 3.05) is 19.8 Å². The minimum atomic E-state index is -1.04. The maximum atomic E-state index is 15.3. The van der Waals surface area contributed by atoms with Crippen molar-refractivity contribution in [3.63, 3.8) is 0 Å². The number of hydrogen-bond acceptors (Lipinski definition) is 5. The third-order valence-corrected chi connectivity index (χ3v) is 8.19. The standard InChI is InChI=1S/C35H43F3O5/c1-5-6-7-8-24-11-14-29(31(36)18-24)30-16-15-28(32(37)33(30)38)27-12-9-25(10-13-27)17-26(20-42-34(40)22(2)3)21-43-35(41)23(4)19-39/h11,14-16,18,25-27,39H,2,4-10,12-13,17,19-21H2,1,3H3. The van der Waals surface area contributed by atoms with E-state index in [9.17, 15) is 14.0 Å². The molecule has 0 saturated heterocycles. The molecule has 3 rings (SSSR count). The highest BCUT2D eigenvalue weighted by Crippen LogP contribution is 2.41. The van der Waals surface area contributed by atoms with Gasteiger partial charge >= 0.3 is 11.9 Å². The van der Waals surface area contributed by atoms with Crippen LogP contribution in [0.5, 0.6) is 0 Å². The average Bonchev–Trinajstić information content (AvgIpc) is 3.00. The van der Waals surface area contributed by atoms with E-state index in [4.69, 9.17) is 14.6 Å². The molecular weight excluding hydrogens is 557 g/mol. The van der Waals surface area contributed by atoms with Gasteiger partial charge in [0.15, 0.2) is 11.6 Å². The van der Waals surface area contributed by atoms with E-state index in [1.54, 1.807) is 19.1 Å². The van der Waals surface area contributed by atoms with Crippen molar-refractivity contribution in [1.29, 1.82) is 0 Å². The van der Waals surface area contributed by atoms with Crippen LogP contribution < -0.4 is 0 Å². The molecule has 1 aliphatic rings. The van der Waals surface area contributed by atoms with E-state index in [1.165, 1.54) is 18.2 Å². The Morgan fingerprint density at radius 3 is 2.19 bits per heavy atom. The highest BCUT2D eigenvalue weighted by atomic mass is 19.2. The molecule has 2 aromatic carbocycles. The number of aryl methyl sites for hydroxylation is 1. The first-order valence-corrected chi connectivity index (χ1v) is 15.1. The molecule has 5 nitrogen and oxygen atoms in total. The van der Waals surface area contributed by atoms with Crippen LogP contribution in [-0.4, -0.2) is 36.9 Å². The lowest BCUT2D eigenvalue weighted by Gasteiger charge is -2.31. The van der Waals surface area contributed by atoms with E-state index < -0.39 is 36.0 Å². The normalized spacial score (nSPS) is 17.3. The van der Waals surface area contributed by atoms with E-state index >= 15 is 8.78 Å². The van der Waals surface area contributed by atoms with Crippen molar-refractivity contribution in [3.8, 4) is 11.1 Å². The topological polar surface area (TPSA) is 72.8 Å². The van der Waals surface area contributed by atoms with E-state index in [0.717, 1.165) is 44.1 Å². The van der Waals surface area contributed by atoms with Gasteiger partial charge in [0.2, 0.25) is 0 Å². The van der Waals surface area contributed by atoms with Crippen LogP contribution in [0.3, 0.4) is 0 Å². The first-order chi connectivity index (χ1) is 20.5. The molecule has 1 aliphatic carbocycles. The molecule has 1 N–H and O–H groups in total. The molecule has 0 heterocycles. The van der Waals surface area contributed by atoms with Gasteiger partial charge in [-0.1, -0.05) is 57.2 Å². The first-order valence-electron chi connectivity index (χ1n) is 15.1. The van der Waals surface area contributed by atoms with Gasteiger partial charge in [0.05, 0.1) is 25.4 Å². The number of benzene rings is 2. The smallest absolute Gasteiger partial charge is 0.335 e. The largest absolute Gasteiger partial charge is 0.462 e. The maximum absolute atomic E-state index is 15.3. The van der Waals surface area contributed by atoms with Gasteiger partial charge in [-0.25, -0.2) is 22.8 Å². The van der Waals surface area contributed by atoms with Gasteiger partial charge in [-0.05, 0) is 80.9 Å². The van der Waals surface area contributed by atoms with Gasteiger partial charge in [-0.3, -0.25) is 0 Å². The lowest BCUT2D eigenvalue weighted by Crippen LogP contribution is -2.26. The quantitative estimate of drug-likeness (QED) is 0.127. The summed E-state index contributed by atoms with van der Waals surface area (Å²) in [7, 11) is 0. The monoisotopic (exact) mass is 600 g/mol. The van der Waals surface area contributed by atoms with Crippen LogP contribution in [0.4, 0.5) is 13.2 Å². The van der Waals surface area contributed by atoms with Crippen LogP contribution in [0.15, 0.2) is 54.6 Å². The molecular formula is C35H43F3O5. The Morgan fingerprint density at radius 2 is 1.58 bits per heavy atom. The number of carbonyl (C=O) groups is 2. The maximum Gasteiger partial charge on any atom is 0.335 e. The highest BCUT2D eigenvalue weighted by molar-refractivity contribution is 5.88. The summed E-state index contributed by atoms with van der Waals surface area (Å²) in [6.45, 7) is 10.2. The summed E-state index contributed by atoms with van der Waals surface area (Å²) in [5.74, 6) is -4.07. The van der Waals surface area contributed by atoms with Crippen molar-refractivity contribution in [1.82, 2.24) is 0 Å². The minimum Gasteiger partial charge on any atom is -0.462 e. The molecule has 1 fully saturated rings. The van der Waals surface area contributed by atoms with Crippen LogP contribution in [0, 0.1) is 29.3 Å². The fourth-order valence-electron chi connectivity index (χ4n) is 5.64. The molecule has 0 spiro atoms. The Hall–Kier alpha value is -3.39. The number of ether oxygens (including phenoxy) is 2. The summed E-state index contributed by atoms with van der Waals surface area (Å²) in [5, 5.41) is 9.11. The number of hydrogen-bond donors (Lipinski definition) is 1. The lowest BCUT2D eigenvalue weighted by molar-refractivity contribution is -0.144. The molecule has 0 radical (unpaired) electrons. The Labute approximate surface area is 252 Å². The third kappa shape index (κ3) is 9.55. The fraction of sp³-hybridized carbons (Fsp3) is 0.486. The summed E-state index contributed by atoms with van der Waals surface area (Å²) < 4.78 is 56.1. The molecule has 8 heteroatoms. The molecule has 234 valence electrons. The second-order valence-corrected chi connectivity index (χ2v) is 11.7. The summed E-state index contributed by atoms with van der Waals surface area (Å²) in [6, 6.07) is 7.75. The highest BCUT2D eigenvalue weighted by Gasteiger charge is 2.29. The molecule has 2 aromatic rings. The van der Waals surface area contributed by atoms with Gasteiger partial charge in [-0.15, -0.1) is 0 Å². The van der Waals surface area contributed by atoms with Gasteiger partial charge in [-0.2, -0.15) is 0 Å². The van der Waals surface area contributed by atoms with Crippen molar-refractivity contribution in [3.05, 3.63) is 83.2 Å². The summed E-state index contributed by atoms with van der Waals surface area (Å²) in [6.07, 6.45) is 7.11. The van der Waals surface area contributed by atoms with Crippen LogP contribution >= 0.6 is 0 Å². The molecule has 43 heavy (non-hydrogen) atoms. The lowest BCUT2D eigenvalue weighted by atomic mass is 9.75. The van der Waals surface area contributed by atoms with Crippen molar-refractivity contribution in [2.45, 2.75) is 77.6 Å². The number of esters is 2. The average molecular weight is 601 g/mol. The van der Waals surface area contributed by atoms with Gasteiger partial charge in [0, 0.05) is 22.6 Å². The second kappa shape index (κ2) is 16.5. The van der Waals surface area contributed by atoms with Crippen LogP contribution in [0.1, 0.15) is 82.3 Å². The van der Waals surface area contributed by atoms with Crippen LogP contribution in [-0.2, 0) is 25.5 Å². The predicted octanol–water partition coefficient (Wildman–Crippen LogP) is 7.99. The second-order valence-electron chi connectivity index (χ2n) is 11.7. The van der Waals surface area contributed by atoms with E-state index in [2.05, 4.69) is 20.1 Å². The Bertz CT molecular complexity index is 1300. The van der Waals surface area contributed by atoms with Gasteiger partial charge < -0.3 is 14.6 Å². The zero-order chi connectivity index (χ0) is 31.5. The molecule has 1 saturated carbocycles. The Morgan fingerprint density at radius 1 is 0.930 bits per heavy atom.